The number of nitrogens with zero attached hydrogens (tertiary/aromatic N) is 1. The molecule has 2 atom stereocenters. The summed E-state index contributed by atoms with van der Waals surface area (Å²) in [5.74, 6) is 0.502. The van der Waals surface area contributed by atoms with Gasteiger partial charge in [-0.05, 0) is 49.8 Å². The van der Waals surface area contributed by atoms with Crippen LogP contribution in [0.1, 0.15) is 55.8 Å². The Labute approximate surface area is 156 Å². The third kappa shape index (κ3) is 3.88. The molecule has 1 aliphatic carbocycles. The number of hydrogen-bond acceptors (Lipinski definition) is 4. The zero-order valence-corrected chi connectivity index (χ0v) is 16.3. The van der Waals surface area contributed by atoms with Gasteiger partial charge in [0.1, 0.15) is 10.6 Å². The number of carbonyl (C=O) groups is 1. The highest BCUT2D eigenvalue weighted by Crippen LogP contribution is 2.30. The second-order valence-corrected chi connectivity index (χ2v) is 9.22. The molecule has 1 aromatic rings. The summed E-state index contributed by atoms with van der Waals surface area (Å²) in [5, 5.41) is 3.08. The van der Waals surface area contributed by atoms with Gasteiger partial charge < -0.3 is 10.1 Å². The van der Waals surface area contributed by atoms with Crippen molar-refractivity contribution in [1.29, 1.82) is 0 Å². The Morgan fingerprint density at radius 1 is 1.15 bits per heavy atom. The fourth-order valence-corrected chi connectivity index (χ4v) is 5.57. The average Bonchev–Trinajstić information content (AvgIpc) is 3.18. The molecule has 2 fully saturated rings. The lowest BCUT2D eigenvalue weighted by Gasteiger charge is -2.29. The second-order valence-electron chi connectivity index (χ2n) is 7.32. The molecule has 2 aliphatic rings. The quantitative estimate of drug-likeness (QED) is 0.852. The van der Waals surface area contributed by atoms with E-state index in [-0.39, 0.29) is 22.6 Å². The van der Waals surface area contributed by atoms with Crippen LogP contribution >= 0.6 is 0 Å². The third-order valence-electron chi connectivity index (χ3n) is 5.54. The number of benzene rings is 1. The summed E-state index contributed by atoms with van der Waals surface area (Å²) in [5.41, 5.74) is 0.362. The van der Waals surface area contributed by atoms with E-state index in [0.29, 0.717) is 24.6 Å². The molecule has 26 heavy (non-hydrogen) atoms. The first-order valence-electron chi connectivity index (χ1n) is 9.42. The molecule has 6 nitrogen and oxygen atoms in total. The molecule has 0 bridgehead atoms. The first-order chi connectivity index (χ1) is 12.4. The highest BCUT2D eigenvalue weighted by molar-refractivity contribution is 7.89. The second kappa shape index (κ2) is 7.96. The predicted octanol–water partition coefficient (Wildman–Crippen LogP) is 2.79. The molecule has 1 heterocycles. The SMILES string of the molecule is COc1ccc(C(=O)NC2CCCCC2C)cc1S(=O)(=O)N1CCCC1. The number of amides is 1. The van der Waals surface area contributed by atoms with Crippen molar-refractivity contribution in [2.24, 2.45) is 5.92 Å². The molecule has 3 rings (SSSR count). The van der Waals surface area contributed by atoms with E-state index in [2.05, 4.69) is 12.2 Å². The summed E-state index contributed by atoms with van der Waals surface area (Å²) in [7, 11) is -2.21. The molecule has 7 heteroatoms. The number of methoxy groups -OCH3 is 1. The first kappa shape index (κ1) is 19.2. The van der Waals surface area contributed by atoms with Crippen molar-refractivity contribution < 1.29 is 17.9 Å². The average molecular weight is 381 g/mol. The van der Waals surface area contributed by atoms with Crippen LogP contribution in [0.3, 0.4) is 0 Å². The molecule has 1 amide bonds. The van der Waals surface area contributed by atoms with Gasteiger partial charge in [-0.2, -0.15) is 4.31 Å². The smallest absolute Gasteiger partial charge is 0.251 e. The maximum absolute atomic E-state index is 12.9. The van der Waals surface area contributed by atoms with Crippen molar-refractivity contribution >= 4 is 15.9 Å². The largest absolute Gasteiger partial charge is 0.495 e. The lowest BCUT2D eigenvalue weighted by molar-refractivity contribution is 0.0910. The van der Waals surface area contributed by atoms with Crippen LogP contribution < -0.4 is 10.1 Å². The van der Waals surface area contributed by atoms with Crippen molar-refractivity contribution in [3.8, 4) is 5.75 Å². The number of ether oxygens (including phenoxy) is 1. The molecule has 0 radical (unpaired) electrons. The van der Waals surface area contributed by atoms with E-state index in [9.17, 15) is 13.2 Å². The Morgan fingerprint density at radius 2 is 1.85 bits per heavy atom. The Hall–Kier alpha value is -1.60. The molecule has 1 saturated carbocycles. The number of nitrogens with one attached hydrogen (secondary N) is 1. The fourth-order valence-electron chi connectivity index (χ4n) is 3.87. The van der Waals surface area contributed by atoms with Crippen molar-refractivity contribution in [1.82, 2.24) is 9.62 Å². The lowest BCUT2D eigenvalue weighted by atomic mass is 9.86. The molecular weight excluding hydrogens is 352 g/mol. The van der Waals surface area contributed by atoms with Gasteiger partial charge in [-0.25, -0.2) is 8.42 Å². The maximum Gasteiger partial charge on any atom is 0.251 e. The van der Waals surface area contributed by atoms with E-state index in [1.165, 1.54) is 23.9 Å². The van der Waals surface area contributed by atoms with Gasteiger partial charge in [0, 0.05) is 24.7 Å². The van der Waals surface area contributed by atoms with Gasteiger partial charge in [0.15, 0.2) is 0 Å². The van der Waals surface area contributed by atoms with Gasteiger partial charge in [0.2, 0.25) is 10.0 Å². The van der Waals surface area contributed by atoms with Gasteiger partial charge in [0.05, 0.1) is 7.11 Å². The number of carbonyl (C=O) groups excluding carboxylic acids is 1. The molecule has 1 N–H and O–H groups in total. The third-order valence-corrected chi connectivity index (χ3v) is 7.46. The molecule has 144 valence electrons. The summed E-state index contributed by atoms with van der Waals surface area (Å²) in [6, 6.07) is 4.80. The van der Waals surface area contributed by atoms with E-state index in [4.69, 9.17) is 4.74 Å². The zero-order valence-electron chi connectivity index (χ0n) is 15.5. The normalized spacial score (nSPS) is 24.4. The lowest BCUT2D eigenvalue weighted by Crippen LogP contribution is -2.41. The molecule has 2 unspecified atom stereocenters. The van der Waals surface area contributed by atoms with E-state index < -0.39 is 10.0 Å². The maximum atomic E-state index is 12.9. The zero-order chi connectivity index (χ0) is 18.7. The molecular formula is C19H28N2O4S. The Balaban J connectivity index is 1.86. The summed E-state index contributed by atoms with van der Waals surface area (Å²) < 4.78 is 32.6. The molecule has 1 aromatic carbocycles. The highest BCUT2D eigenvalue weighted by Gasteiger charge is 2.31. The topological polar surface area (TPSA) is 75.7 Å². The number of sulfonamides is 1. The summed E-state index contributed by atoms with van der Waals surface area (Å²) in [6.45, 7) is 3.18. The minimum absolute atomic E-state index is 0.0752. The van der Waals surface area contributed by atoms with Crippen molar-refractivity contribution in [2.75, 3.05) is 20.2 Å². The predicted molar refractivity (Wildman–Crippen MR) is 99.9 cm³/mol. The van der Waals surface area contributed by atoms with Crippen LogP contribution in [-0.4, -0.2) is 44.9 Å². The van der Waals surface area contributed by atoms with Crippen molar-refractivity contribution in [3.63, 3.8) is 0 Å². The van der Waals surface area contributed by atoms with E-state index in [1.807, 2.05) is 0 Å². The number of hydrogen-bond donors (Lipinski definition) is 1. The minimum Gasteiger partial charge on any atom is -0.495 e. The van der Waals surface area contributed by atoms with E-state index >= 15 is 0 Å². The highest BCUT2D eigenvalue weighted by atomic mass is 32.2. The summed E-state index contributed by atoms with van der Waals surface area (Å²) in [6.07, 6.45) is 6.13. The van der Waals surface area contributed by atoms with Crippen LogP contribution in [0.4, 0.5) is 0 Å². The molecule has 1 saturated heterocycles. The van der Waals surface area contributed by atoms with Crippen LogP contribution in [0.15, 0.2) is 23.1 Å². The van der Waals surface area contributed by atoms with Gasteiger partial charge in [-0.1, -0.05) is 19.8 Å². The molecule has 0 spiro atoms. The van der Waals surface area contributed by atoms with Gasteiger partial charge in [-0.3, -0.25) is 4.79 Å². The van der Waals surface area contributed by atoms with Crippen molar-refractivity contribution in [3.05, 3.63) is 23.8 Å². The Kier molecular flexibility index (Phi) is 5.87. The fraction of sp³-hybridized carbons (Fsp3) is 0.632. The van der Waals surface area contributed by atoms with Gasteiger partial charge in [0.25, 0.3) is 5.91 Å². The molecule has 0 aromatic heterocycles. The van der Waals surface area contributed by atoms with Crippen LogP contribution in [0.5, 0.6) is 5.75 Å². The standard InChI is InChI=1S/C19H28N2O4S/c1-14-7-3-4-8-16(14)20-19(22)15-9-10-17(25-2)18(13-15)26(23,24)21-11-5-6-12-21/h9-10,13-14,16H,3-8,11-12H2,1-2H3,(H,20,22). The Morgan fingerprint density at radius 3 is 2.50 bits per heavy atom. The number of rotatable bonds is 5. The van der Waals surface area contributed by atoms with Crippen LogP contribution in [0.2, 0.25) is 0 Å². The van der Waals surface area contributed by atoms with Gasteiger partial charge >= 0.3 is 0 Å². The van der Waals surface area contributed by atoms with Crippen LogP contribution in [0.25, 0.3) is 0 Å². The van der Waals surface area contributed by atoms with Gasteiger partial charge in [-0.15, -0.1) is 0 Å². The monoisotopic (exact) mass is 380 g/mol. The molecule has 1 aliphatic heterocycles. The van der Waals surface area contributed by atoms with Crippen LogP contribution in [-0.2, 0) is 10.0 Å². The summed E-state index contributed by atoms with van der Waals surface area (Å²) >= 11 is 0. The first-order valence-corrected chi connectivity index (χ1v) is 10.9. The van der Waals surface area contributed by atoms with Crippen LogP contribution in [0, 0.1) is 5.92 Å². The van der Waals surface area contributed by atoms with Crippen molar-refractivity contribution in [2.45, 2.75) is 56.4 Å². The summed E-state index contributed by atoms with van der Waals surface area (Å²) in [4.78, 5) is 12.8. The van der Waals surface area contributed by atoms with E-state index in [1.54, 1.807) is 12.1 Å². The minimum atomic E-state index is -3.65. The van der Waals surface area contributed by atoms with E-state index in [0.717, 1.165) is 32.1 Å². The Bertz CT molecular complexity index is 757.